The molecule has 0 aliphatic rings. The van der Waals surface area contributed by atoms with Gasteiger partial charge in [0.2, 0.25) is 0 Å². The summed E-state index contributed by atoms with van der Waals surface area (Å²) in [7, 11) is 3.18. The largest absolute Gasteiger partial charge is 0.497 e. The number of carbonyl (C=O) groups excluding carboxylic acids is 1. The average molecular weight is 406 g/mol. The molecule has 0 unspecified atom stereocenters. The highest BCUT2D eigenvalue weighted by atomic mass is 16.5. The van der Waals surface area contributed by atoms with Gasteiger partial charge < -0.3 is 19.4 Å². The molecule has 0 fully saturated rings. The molecule has 2 aromatic heterocycles. The van der Waals surface area contributed by atoms with Crippen molar-refractivity contribution in [3.63, 3.8) is 0 Å². The molecule has 0 spiro atoms. The van der Waals surface area contributed by atoms with E-state index in [9.17, 15) is 9.59 Å². The zero-order valence-corrected chi connectivity index (χ0v) is 17.0. The molecule has 1 N–H and O–H groups in total. The lowest BCUT2D eigenvalue weighted by atomic mass is 10.2. The number of hydrogen-bond acceptors (Lipinski definition) is 5. The van der Waals surface area contributed by atoms with Crippen LogP contribution in [-0.2, 0) is 11.3 Å². The molecule has 30 heavy (non-hydrogen) atoms. The second-order valence-corrected chi connectivity index (χ2v) is 6.90. The Kier molecular flexibility index (Phi) is 5.24. The lowest BCUT2D eigenvalue weighted by Gasteiger charge is -2.11. The number of amides is 1. The zero-order valence-electron chi connectivity index (χ0n) is 17.0. The number of carbonyl (C=O) groups is 1. The van der Waals surface area contributed by atoms with Crippen molar-refractivity contribution in [1.29, 1.82) is 0 Å². The molecule has 8 nitrogen and oxygen atoms in total. The summed E-state index contributed by atoms with van der Waals surface area (Å²) in [5.74, 6) is 0.320. The molecular weight excluding hydrogens is 384 g/mol. The van der Waals surface area contributed by atoms with Gasteiger partial charge in [-0.25, -0.2) is 4.52 Å². The van der Waals surface area contributed by atoms with Crippen molar-refractivity contribution in [2.45, 2.75) is 13.5 Å². The predicted molar refractivity (Wildman–Crippen MR) is 115 cm³/mol. The van der Waals surface area contributed by atoms with Gasteiger partial charge in [0.1, 0.15) is 11.3 Å². The van der Waals surface area contributed by atoms with Gasteiger partial charge in [-0.15, -0.1) is 0 Å². The van der Waals surface area contributed by atoms with Crippen LogP contribution in [0.3, 0.4) is 0 Å². The summed E-state index contributed by atoms with van der Waals surface area (Å²) in [4.78, 5) is 25.9. The molecule has 4 aromatic rings. The summed E-state index contributed by atoms with van der Waals surface area (Å²) in [6.07, 6.45) is 0. The second kappa shape index (κ2) is 8.00. The van der Waals surface area contributed by atoms with E-state index in [2.05, 4.69) is 10.4 Å². The van der Waals surface area contributed by atoms with Crippen molar-refractivity contribution in [1.82, 2.24) is 14.2 Å². The number of aryl methyl sites for hydroxylation is 1. The number of nitrogens with one attached hydrogen (secondary N) is 1. The molecule has 0 radical (unpaired) electrons. The third kappa shape index (κ3) is 3.42. The Bertz CT molecular complexity index is 1310. The van der Waals surface area contributed by atoms with Crippen LogP contribution in [0.1, 0.15) is 16.1 Å². The number of fused-ring (bicyclic) bond motifs is 3. The molecule has 0 saturated heterocycles. The zero-order chi connectivity index (χ0) is 21.3. The summed E-state index contributed by atoms with van der Waals surface area (Å²) in [5, 5.41) is 7.27. The summed E-state index contributed by atoms with van der Waals surface area (Å²) in [5.41, 5.74) is 3.26. The SMILES string of the molecule is COCCn1c(=O)c2cc(C(=O)Nc3ccc(OC)cc3C)nn2c2ccccc21. The Morgan fingerprint density at radius 2 is 1.83 bits per heavy atom. The molecule has 0 atom stereocenters. The first-order chi connectivity index (χ1) is 14.5. The Hall–Kier alpha value is -3.65. The first-order valence-corrected chi connectivity index (χ1v) is 9.49. The van der Waals surface area contributed by atoms with E-state index >= 15 is 0 Å². The molecule has 0 bridgehead atoms. The lowest BCUT2D eigenvalue weighted by Crippen LogP contribution is -2.24. The molecular formula is C22H22N4O4. The molecule has 0 aliphatic carbocycles. The van der Waals surface area contributed by atoms with Crippen molar-refractivity contribution in [3.8, 4) is 5.75 Å². The fourth-order valence-electron chi connectivity index (χ4n) is 3.44. The van der Waals surface area contributed by atoms with Gasteiger partial charge in [-0.2, -0.15) is 5.10 Å². The number of methoxy groups -OCH3 is 2. The van der Waals surface area contributed by atoms with Crippen LogP contribution in [0.15, 0.2) is 53.3 Å². The van der Waals surface area contributed by atoms with Gasteiger partial charge in [0, 0.05) is 25.4 Å². The van der Waals surface area contributed by atoms with Crippen LogP contribution in [0.5, 0.6) is 5.75 Å². The van der Waals surface area contributed by atoms with E-state index in [1.165, 1.54) is 10.6 Å². The van der Waals surface area contributed by atoms with Crippen LogP contribution >= 0.6 is 0 Å². The van der Waals surface area contributed by atoms with Gasteiger partial charge >= 0.3 is 0 Å². The fraction of sp³-hybridized carbons (Fsp3) is 0.227. The fourth-order valence-corrected chi connectivity index (χ4v) is 3.44. The Morgan fingerprint density at radius 3 is 2.53 bits per heavy atom. The summed E-state index contributed by atoms with van der Waals surface area (Å²) >= 11 is 0. The van der Waals surface area contributed by atoms with Crippen molar-refractivity contribution in [2.24, 2.45) is 0 Å². The molecule has 2 aromatic carbocycles. The van der Waals surface area contributed by atoms with Crippen LogP contribution < -0.4 is 15.6 Å². The molecule has 2 heterocycles. The van der Waals surface area contributed by atoms with Crippen LogP contribution in [0.25, 0.3) is 16.6 Å². The normalized spacial score (nSPS) is 11.2. The van der Waals surface area contributed by atoms with Crippen LogP contribution in [0.2, 0.25) is 0 Å². The maximum absolute atomic E-state index is 13.1. The van der Waals surface area contributed by atoms with Crippen LogP contribution in [0, 0.1) is 6.92 Å². The summed E-state index contributed by atoms with van der Waals surface area (Å²) in [6.45, 7) is 2.69. The Labute approximate surface area is 172 Å². The quantitative estimate of drug-likeness (QED) is 0.532. The first kappa shape index (κ1) is 19.7. The highest BCUT2D eigenvalue weighted by molar-refractivity contribution is 6.04. The van der Waals surface area contributed by atoms with Gasteiger partial charge in [-0.05, 0) is 42.8 Å². The van der Waals surface area contributed by atoms with Gasteiger partial charge in [-0.3, -0.25) is 9.59 Å². The third-order valence-electron chi connectivity index (χ3n) is 5.01. The minimum absolute atomic E-state index is 0.164. The number of ether oxygens (including phenoxy) is 2. The molecule has 0 aliphatic heterocycles. The standard InChI is InChI=1S/C22H22N4O4/c1-14-12-15(30-3)8-9-16(14)23-21(27)17-13-20-22(28)25(10-11-29-2)18-6-4-5-7-19(18)26(20)24-17/h4-9,12-13H,10-11H2,1-3H3,(H,23,27). The van der Waals surface area contributed by atoms with E-state index in [4.69, 9.17) is 9.47 Å². The maximum Gasteiger partial charge on any atom is 0.277 e. The van der Waals surface area contributed by atoms with Crippen molar-refractivity contribution >= 4 is 28.1 Å². The first-order valence-electron chi connectivity index (χ1n) is 9.49. The molecule has 8 heteroatoms. The van der Waals surface area contributed by atoms with Crippen molar-refractivity contribution in [3.05, 3.63) is 70.1 Å². The summed E-state index contributed by atoms with van der Waals surface area (Å²) < 4.78 is 13.5. The van der Waals surface area contributed by atoms with Gasteiger partial charge in [-0.1, -0.05) is 12.1 Å². The maximum atomic E-state index is 13.1. The highest BCUT2D eigenvalue weighted by Gasteiger charge is 2.18. The molecule has 154 valence electrons. The molecule has 4 rings (SSSR count). The monoisotopic (exact) mass is 406 g/mol. The number of anilines is 1. The van der Waals surface area contributed by atoms with Crippen molar-refractivity contribution < 1.29 is 14.3 Å². The van der Waals surface area contributed by atoms with Crippen molar-refractivity contribution in [2.75, 3.05) is 26.1 Å². The lowest BCUT2D eigenvalue weighted by molar-refractivity contribution is 0.102. The third-order valence-corrected chi connectivity index (χ3v) is 5.01. The van der Waals surface area contributed by atoms with E-state index in [0.717, 1.165) is 16.6 Å². The topological polar surface area (TPSA) is 86.9 Å². The predicted octanol–water partition coefficient (Wildman–Crippen LogP) is 2.86. The van der Waals surface area contributed by atoms with Gasteiger partial charge in [0.15, 0.2) is 5.69 Å². The Balaban J connectivity index is 1.78. The Morgan fingerprint density at radius 1 is 1.07 bits per heavy atom. The van der Waals surface area contributed by atoms with Gasteiger partial charge in [0.25, 0.3) is 11.5 Å². The molecule has 1 amide bonds. The van der Waals surface area contributed by atoms with E-state index in [0.29, 0.717) is 30.1 Å². The average Bonchev–Trinajstić information content (AvgIpc) is 3.21. The number of hydrogen-bond donors (Lipinski definition) is 1. The van der Waals surface area contributed by atoms with Gasteiger partial charge in [0.05, 0.1) is 24.8 Å². The smallest absolute Gasteiger partial charge is 0.277 e. The summed E-state index contributed by atoms with van der Waals surface area (Å²) in [6, 6.07) is 14.4. The van der Waals surface area contributed by atoms with E-state index in [1.807, 2.05) is 37.3 Å². The number of para-hydroxylation sites is 2. The van der Waals surface area contributed by atoms with Crippen LogP contribution in [-0.4, -0.2) is 40.9 Å². The minimum Gasteiger partial charge on any atom is -0.497 e. The number of aromatic nitrogens is 3. The van der Waals surface area contributed by atoms with Crippen LogP contribution in [0.4, 0.5) is 5.69 Å². The number of benzene rings is 2. The van der Waals surface area contributed by atoms with E-state index in [1.54, 1.807) is 30.9 Å². The molecule has 0 saturated carbocycles. The highest BCUT2D eigenvalue weighted by Crippen LogP contribution is 2.22. The van der Waals surface area contributed by atoms with E-state index in [-0.39, 0.29) is 17.2 Å². The number of rotatable bonds is 6. The minimum atomic E-state index is -0.390. The number of nitrogens with zero attached hydrogens (tertiary/aromatic N) is 3. The second-order valence-electron chi connectivity index (χ2n) is 6.90. The van der Waals surface area contributed by atoms with E-state index < -0.39 is 0 Å².